The second-order valence-corrected chi connectivity index (χ2v) is 8.45. The molecule has 8 nitrogen and oxygen atoms in total. The average molecular weight is 473 g/mol. The molecule has 0 atom stereocenters. The summed E-state index contributed by atoms with van der Waals surface area (Å²) < 4.78 is 0. The van der Waals surface area contributed by atoms with Gasteiger partial charge in [-0.25, -0.2) is 0 Å². The molecule has 6 N–H and O–H groups in total. The van der Waals surface area contributed by atoms with Crippen molar-refractivity contribution in [2.75, 3.05) is 52.4 Å². The Bertz CT molecular complexity index is 641. The molecule has 0 radical (unpaired) electrons. The highest BCUT2D eigenvalue weighted by molar-refractivity contribution is 6.04. The number of allylic oxidation sites excluding steroid dienone is 2. The summed E-state index contributed by atoms with van der Waals surface area (Å²) in [7, 11) is 0. The van der Waals surface area contributed by atoms with Crippen molar-refractivity contribution >= 4 is 24.9 Å². The number of nitrogens with two attached hydrogens (primary N) is 2. The summed E-state index contributed by atoms with van der Waals surface area (Å²) in [4.78, 5) is 18.1. The number of rotatable bonds is 16. The third kappa shape index (κ3) is 19.2. The summed E-state index contributed by atoms with van der Waals surface area (Å²) in [6.07, 6.45) is 23.4. The Morgan fingerprint density at radius 3 is 2.15 bits per heavy atom. The fourth-order valence-corrected chi connectivity index (χ4v) is 3.30. The lowest BCUT2D eigenvalue weighted by molar-refractivity contribution is 0.607. The van der Waals surface area contributed by atoms with Gasteiger partial charge in [-0.15, -0.1) is 0 Å². The van der Waals surface area contributed by atoms with E-state index in [0.29, 0.717) is 19.6 Å². The molecule has 34 heavy (non-hydrogen) atoms. The molecule has 0 saturated heterocycles. The largest absolute Gasteiger partial charge is 0.390 e. The van der Waals surface area contributed by atoms with E-state index in [1.807, 2.05) is 37.3 Å². The van der Waals surface area contributed by atoms with Crippen LogP contribution in [0.2, 0.25) is 0 Å². The van der Waals surface area contributed by atoms with Gasteiger partial charge in [0, 0.05) is 68.0 Å². The summed E-state index contributed by atoms with van der Waals surface area (Å²) in [6, 6.07) is 0. The van der Waals surface area contributed by atoms with E-state index in [1.165, 1.54) is 38.5 Å². The van der Waals surface area contributed by atoms with Crippen LogP contribution < -0.4 is 22.1 Å². The Morgan fingerprint density at radius 1 is 0.794 bits per heavy atom. The molecule has 0 saturated carbocycles. The minimum atomic E-state index is 0.642. The van der Waals surface area contributed by atoms with Crippen LogP contribution in [0.3, 0.4) is 0 Å². The van der Waals surface area contributed by atoms with Crippen molar-refractivity contribution < 1.29 is 0 Å². The molecule has 0 amide bonds. The van der Waals surface area contributed by atoms with Gasteiger partial charge in [0.1, 0.15) is 0 Å². The van der Waals surface area contributed by atoms with E-state index >= 15 is 0 Å². The number of nitrogens with zero attached hydrogens (tertiary/aromatic N) is 4. The van der Waals surface area contributed by atoms with E-state index in [-0.39, 0.29) is 0 Å². The van der Waals surface area contributed by atoms with Crippen LogP contribution in [0.15, 0.2) is 43.5 Å². The molecule has 1 rings (SSSR count). The molecule has 8 heteroatoms. The molecule has 0 aromatic rings. The van der Waals surface area contributed by atoms with Gasteiger partial charge in [0.15, 0.2) is 0 Å². The highest BCUT2D eigenvalue weighted by Gasteiger charge is 1.94. The Morgan fingerprint density at radius 2 is 1.41 bits per heavy atom. The maximum atomic E-state index is 5.53. The Labute approximate surface area is 207 Å². The van der Waals surface area contributed by atoms with Crippen molar-refractivity contribution in [2.24, 2.45) is 31.4 Å². The highest BCUT2D eigenvalue weighted by atomic mass is 14.9. The third-order valence-corrected chi connectivity index (χ3v) is 5.26. The van der Waals surface area contributed by atoms with Crippen molar-refractivity contribution in [3.05, 3.63) is 23.5 Å². The lowest BCUT2D eigenvalue weighted by atomic mass is 10.1. The van der Waals surface area contributed by atoms with Crippen LogP contribution in [-0.4, -0.2) is 77.2 Å². The Kier molecular flexibility index (Phi) is 20.8. The fraction of sp³-hybridized carbons (Fsp3) is 0.692. The highest BCUT2D eigenvalue weighted by Crippen LogP contribution is 2.02. The van der Waals surface area contributed by atoms with Crippen molar-refractivity contribution in [2.45, 2.75) is 64.2 Å². The number of aliphatic imine (C=N–C) groups is 4. The van der Waals surface area contributed by atoms with Gasteiger partial charge in [-0.3, -0.25) is 20.0 Å². The van der Waals surface area contributed by atoms with Crippen molar-refractivity contribution in [1.29, 1.82) is 0 Å². The van der Waals surface area contributed by atoms with Gasteiger partial charge >= 0.3 is 0 Å². The second-order valence-electron chi connectivity index (χ2n) is 8.45. The summed E-state index contributed by atoms with van der Waals surface area (Å²) in [5.74, 6) is 0. The first-order valence-electron chi connectivity index (χ1n) is 13.1. The normalized spacial score (nSPS) is 18.1. The smallest absolute Gasteiger partial charge is 0.0585 e. The number of unbranched alkanes of at least 4 members (excludes halogenated alkanes) is 8. The van der Waals surface area contributed by atoms with Crippen molar-refractivity contribution in [3.8, 4) is 0 Å². The maximum Gasteiger partial charge on any atom is 0.0585 e. The summed E-state index contributed by atoms with van der Waals surface area (Å²) in [6.45, 7) is 6.12. The van der Waals surface area contributed by atoms with Gasteiger partial charge < -0.3 is 22.1 Å². The van der Waals surface area contributed by atoms with Gasteiger partial charge in [0.2, 0.25) is 0 Å². The molecular formula is C26H48N8. The summed E-state index contributed by atoms with van der Waals surface area (Å²) in [5.41, 5.74) is 13.0. The van der Waals surface area contributed by atoms with Crippen LogP contribution in [0.5, 0.6) is 0 Å². The van der Waals surface area contributed by atoms with Gasteiger partial charge in [-0.05, 0) is 38.8 Å². The number of nitrogens with one attached hydrogen (secondary N) is 2. The minimum absolute atomic E-state index is 0.642. The molecule has 1 heterocycles. The van der Waals surface area contributed by atoms with Crippen molar-refractivity contribution in [3.63, 3.8) is 0 Å². The lowest BCUT2D eigenvalue weighted by Crippen LogP contribution is -2.13. The van der Waals surface area contributed by atoms with E-state index in [2.05, 4.69) is 30.6 Å². The zero-order chi connectivity index (χ0) is 24.4. The van der Waals surface area contributed by atoms with Crippen LogP contribution in [0.1, 0.15) is 64.2 Å². The Balaban J connectivity index is 2.39. The van der Waals surface area contributed by atoms with E-state index in [1.54, 1.807) is 0 Å². The molecule has 0 aromatic carbocycles. The topological polar surface area (TPSA) is 126 Å². The third-order valence-electron chi connectivity index (χ3n) is 5.26. The standard InChI is InChI=1S/C26H48N8/c27-11-7-3-1-5-9-13-29-19-25-21-31-15-17-33-23-26(24-34-18-16-32-22-25)20-30-14-10-6-2-4-8-12-28/h19-24,29,33H,1-18,27-28H2/b25-19-,26-23-,30-20?,31-21?,32-22?,34-24?. The maximum absolute atomic E-state index is 5.53. The van der Waals surface area contributed by atoms with Gasteiger partial charge in [0.05, 0.1) is 19.6 Å². The van der Waals surface area contributed by atoms with E-state index < -0.39 is 0 Å². The predicted octanol–water partition coefficient (Wildman–Crippen LogP) is 3.05. The molecular weight excluding hydrogens is 424 g/mol. The van der Waals surface area contributed by atoms with Crippen LogP contribution in [0.4, 0.5) is 0 Å². The fourth-order valence-electron chi connectivity index (χ4n) is 3.30. The molecule has 0 unspecified atom stereocenters. The molecule has 1 aliphatic rings. The SMILES string of the molecule is NCCCCCCCN=C/C1=C/NCCN=C/C(=C/NCCCCCCCN)C=NCCN=C1. The van der Waals surface area contributed by atoms with Gasteiger partial charge in [-0.2, -0.15) is 0 Å². The van der Waals surface area contributed by atoms with Crippen LogP contribution >= 0.6 is 0 Å². The molecule has 0 aromatic heterocycles. The van der Waals surface area contributed by atoms with Crippen LogP contribution in [-0.2, 0) is 0 Å². The van der Waals surface area contributed by atoms with Crippen LogP contribution in [0.25, 0.3) is 0 Å². The second kappa shape index (κ2) is 23.8. The molecule has 0 aliphatic carbocycles. The first-order chi connectivity index (χ1) is 16.9. The zero-order valence-corrected chi connectivity index (χ0v) is 21.1. The van der Waals surface area contributed by atoms with E-state index in [0.717, 1.165) is 69.6 Å². The average Bonchev–Trinajstić information content (AvgIpc) is 2.85. The first-order valence-corrected chi connectivity index (χ1v) is 13.1. The lowest BCUT2D eigenvalue weighted by Gasteiger charge is -2.03. The van der Waals surface area contributed by atoms with E-state index in [4.69, 9.17) is 11.5 Å². The number of hydrogen-bond acceptors (Lipinski definition) is 8. The Hall–Kier alpha value is -2.32. The predicted molar refractivity (Wildman–Crippen MR) is 150 cm³/mol. The molecule has 192 valence electrons. The molecule has 0 bridgehead atoms. The molecule has 1 aliphatic heterocycles. The van der Waals surface area contributed by atoms with Gasteiger partial charge in [0.25, 0.3) is 0 Å². The summed E-state index contributed by atoms with van der Waals surface area (Å²) in [5, 5.41) is 6.70. The van der Waals surface area contributed by atoms with E-state index in [9.17, 15) is 0 Å². The molecule has 0 spiro atoms. The quantitative estimate of drug-likeness (QED) is 0.203. The van der Waals surface area contributed by atoms with Gasteiger partial charge in [-0.1, -0.05) is 38.5 Å². The summed E-state index contributed by atoms with van der Waals surface area (Å²) >= 11 is 0. The van der Waals surface area contributed by atoms with Crippen molar-refractivity contribution in [1.82, 2.24) is 10.6 Å². The monoisotopic (exact) mass is 472 g/mol. The zero-order valence-electron chi connectivity index (χ0n) is 21.1. The van der Waals surface area contributed by atoms with Crippen LogP contribution in [0, 0.1) is 0 Å². The minimum Gasteiger partial charge on any atom is -0.390 e. The first kappa shape index (κ1) is 29.7. The molecule has 0 fully saturated rings. The number of hydrogen-bond donors (Lipinski definition) is 4.